The molecule has 1 aliphatic rings. The number of benzene rings is 3. The number of nitrogens with zero attached hydrogens (tertiary/aromatic N) is 1. The Morgan fingerprint density at radius 2 is 1.81 bits per heavy atom. The van der Waals surface area contributed by atoms with Crippen LogP contribution in [0.1, 0.15) is 21.5 Å². The van der Waals surface area contributed by atoms with Crippen molar-refractivity contribution in [3.05, 3.63) is 105 Å². The molecule has 3 aromatic rings. The molecule has 1 N–H and O–H groups in total. The van der Waals surface area contributed by atoms with E-state index < -0.39 is 5.91 Å². The third-order valence-corrected chi connectivity index (χ3v) is 6.35. The number of rotatable bonds is 6. The smallest absolute Gasteiger partial charge is 0.285 e. The van der Waals surface area contributed by atoms with Gasteiger partial charge in [0.15, 0.2) is 4.32 Å². The molecule has 1 saturated heterocycles. The van der Waals surface area contributed by atoms with E-state index in [2.05, 4.69) is 21.4 Å². The van der Waals surface area contributed by atoms with Crippen LogP contribution in [0, 0.1) is 0 Å². The molecule has 32 heavy (non-hydrogen) atoms. The van der Waals surface area contributed by atoms with Gasteiger partial charge in [0, 0.05) is 10.0 Å². The second-order valence-electron chi connectivity index (χ2n) is 6.81. The average Bonchev–Trinajstić information content (AvgIpc) is 3.06. The van der Waals surface area contributed by atoms with Crippen LogP contribution < -0.4 is 10.2 Å². The number of thiocarbonyl (C=S) groups is 1. The fourth-order valence-electron chi connectivity index (χ4n) is 2.92. The highest BCUT2D eigenvalue weighted by Crippen LogP contribution is 2.32. The van der Waals surface area contributed by atoms with Crippen LogP contribution in [0.2, 0.25) is 0 Å². The van der Waals surface area contributed by atoms with Crippen molar-refractivity contribution >= 4 is 62.1 Å². The monoisotopic (exact) mass is 524 g/mol. The molecule has 0 atom stereocenters. The summed E-state index contributed by atoms with van der Waals surface area (Å²) in [5.74, 6) is -0.0888. The molecule has 1 fully saturated rings. The summed E-state index contributed by atoms with van der Waals surface area (Å²) in [6.07, 6.45) is 1.74. The minimum absolute atomic E-state index is 0.267. The van der Waals surface area contributed by atoms with Crippen molar-refractivity contribution in [2.45, 2.75) is 6.61 Å². The molecular weight excluding hydrogens is 508 g/mol. The largest absolute Gasteiger partial charge is 0.489 e. The first-order valence-corrected chi connectivity index (χ1v) is 11.6. The van der Waals surface area contributed by atoms with Crippen molar-refractivity contribution < 1.29 is 14.3 Å². The summed E-state index contributed by atoms with van der Waals surface area (Å²) in [6, 6.07) is 24.2. The van der Waals surface area contributed by atoms with Gasteiger partial charge in [0.05, 0.1) is 4.91 Å². The van der Waals surface area contributed by atoms with Crippen LogP contribution >= 0.6 is 39.9 Å². The van der Waals surface area contributed by atoms with Crippen molar-refractivity contribution in [3.63, 3.8) is 0 Å². The van der Waals surface area contributed by atoms with Crippen molar-refractivity contribution in [3.8, 4) is 5.75 Å². The normalized spacial score (nSPS) is 14.7. The number of amides is 2. The lowest BCUT2D eigenvalue weighted by atomic mass is 10.2. The van der Waals surface area contributed by atoms with E-state index in [4.69, 9.17) is 17.0 Å². The van der Waals surface area contributed by atoms with Crippen LogP contribution in [0.15, 0.2) is 88.2 Å². The molecule has 0 aliphatic carbocycles. The lowest BCUT2D eigenvalue weighted by molar-refractivity contribution is -0.123. The number of hydrazine groups is 1. The molecule has 4 rings (SSSR count). The summed E-state index contributed by atoms with van der Waals surface area (Å²) in [5, 5.41) is 1.10. The Labute approximate surface area is 203 Å². The van der Waals surface area contributed by atoms with E-state index in [0.717, 1.165) is 32.4 Å². The van der Waals surface area contributed by atoms with Crippen LogP contribution in [0.5, 0.6) is 5.75 Å². The summed E-state index contributed by atoms with van der Waals surface area (Å²) in [5.41, 5.74) is 4.88. The zero-order valence-electron chi connectivity index (χ0n) is 16.7. The predicted octanol–water partition coefficient (Wildman–Crippen LogP) is 5.57. The number of nitrogens with one attached hydrogen (secondary N) is 1. The van der Waals surface area contributed by atoms with Gasteiger partial charge in [0.25, 0.3) is 11.8 Å². The van der Waals surface area contributed by atoms with Gasteiger partial charge < -0.3 is 4.74 Å². The van der Waals surface area contributed by atoms with Crippen LogP contribution in [-0.4, -0.2) is 21.1 Å². The van der Waals surface area contributed by atoms with Crippen LogP contribution in [0.4, 0.5) is 0 Å². The molecular formula is C24H17BrN2O3S2. The fourth-order valence-corrected chi connectivity index (χ4v) is 4.36. The Hall–Kier alpha value is -2.94. The summed E-state index contributed by atoms with van der Waals surface area (Å²) in [4.78, 5) is 25.7. The topological polar surface area (TPSA) is 58.6 Å². The maximum absolute atomic E-state index is 12.8. The van der Waals surface area contributed by atoms with Crippen molar-refractivity contribution in [2.24, 2.45) is 0 Å². The minimum atomic E-state index is -0.411. The summed E-state index contributed by atoms with van der Waals surface area (Å²) < 4.78 is 6.98. The SMILES string of the molecule is O=C(NN1C(=O)/C(=C/c2cccc(OCc3ccccc3)c2)SC1=S)c1ccc(Br)cc1. The molecule has 0 saturated carbocycles. The molecule has 0 unspecified atom stereocenters. The van der Waals surface area contributed by atoms with Gasteiger partial charge in [0.2, 0.25) is 0 Å². The highest BCUT2D eigenvalue weighted by molar-refractivity contribution is 9.10. The maximum Gasteiger partial charge on any atom is 0.285 e. The zero-order valence-corrected chi connectivity index (χ0v) is 19.9. The van der Waals surface area contributed by atoms with Gasteiger partial charge >= 0.3 is 0 Å². The Morgan fingerprint density at radius 3 is 2.56 bits per heavy atom. The Kier molecular flexibility index (Phi) is 7.04. The highest BCUT2D eigenvalue weighted by Gasteiger charge is 2.33. The summed E-state index contributed by atoms with van der Waals surface area (Å²) in [6.45, 7) is 0.453. The zero-order chi connectivity index (χ0) is 22.5. The van der Waals surface area contributed by atoms with E-state index in [1.54, 1.807) is 30.3 Å². The van der Waals surface area contributed by atoms with Gasteiger partial charge in [0.1, 0.15) is 12.4 Å². The number of halogens is 1. The average molecular weight is 525 g/mol. The third kappa shape index (κ3) is 5.45. The quantitative estimate of drug-likeness (QED) is 0.337. The first-order valence-electron chi connectivity index (χ1n) is 9.61. The Morgan fingerprint density at radius 1 is 1.06 bits per heavy atom. The van der Waals surface area contributed by atoms with E-state index in [9.17, 15) is 9.59 Å². The minimum Gasteiger partial charge on any atom is -0.489 e. The second-order valence-corrected chi connectivity index (χ2v) is 9.40. The van der Waals surface area contributed by atoms with Crippen molar-refractivity contribution in [1.82, 2.24) is 10.4 Å². The molecule has 0 bridgehead atoms. The Balaban J connectivity index is 1.44. The lowest BCUT2D eigenvalue weighted by Gasteiger charge is -2.15. The number of hydrogen-bond donors (Lipinski definition) is 1. The third-order valence-electron chi connectivity index (χ3n) is 4.52. The van der Waals surface area contributed by atoms with Crippen LogP contribution in [0.3, 0.4) is 0 Å². The van der Waals surface area contributed by atoms with E-state index >= 15 is 0 Å². The molecule has 3 aromatic carbocycles. The molecule has 5 nitrogen and oxygen atoms in total. The van der Waals surface area contributed by atoms with Gasteiger partial charge in [-0.3, -0.25) is 15.0 Å². The van der Waals surface area contributed by atoms with Gasteiger partial charge in [-0.1, -0.05) is 70.2 Å². The number of hydrogen-bond acceptors (Lipinski definition) is 5. The number of thioether (sulfide) groups is 1. The second kappa shape index (κ2) is 10.1. The van der Waals surface area contributed by atoms with Gasteiger partial charge in [-0.2, -0.15) is 5.01 Å². The molecule has 1 aliphatic heterocycles. The van der Waals surface area contributed by atoms with Crippen LogP contribution in [0.25, 0.3) is 6.08 Å². The van der Waals surface area contributed by atoms with Gasteiger partial charge in [-0.05, 0) is 65.8 Å². The molecule has 0 aromatic heterocycles. The Bertz CT molecular complexity index is 1200. The van der Waals surface area contributed by atoms with Gasteiger partial charge in [-0.15, -0.1) is 0 Å². The first-order chi connectivity index (χ1) is 15.5. The molecule has 1 heterocycles. The molecule has 0 radical (unpaired) electrons. The highest BCUT2D eigenvalue weighted by atomic mass is 79.9. The van der Waals surface area contributed by atoms with E-state index in [1.807, 2.05) is 54.6 Å². The van der Waals surface area contributed by atoms with E-state index in [0.29, 0.717) is 22.8 Å². The maximum atomic E-state index is 12.8. The van der Waals surface area contributed by atoms with E-state index in [-0.39, 0.29) is 10.2 Å². The first kappa shape index (κ1) is 22.3. The van der Waals surface area contributed by atoms with Gasteiger partial charge in [-0.25, -0.2) is 0 Å². The lowest BCUT2D eigenvalue weighted by Crippen LogP contribution is -2.44. The molecule has 160 valence electrons. The fraction of sp³-hybridized carbons (Fsp3) is 0.0417. The number of carbonyl (C=O) groups excluding carboxylic acids is 2. The van der Waals surface area contributed by atoms with Crippen molar-refractivity contribution in [1.29, 1.82) is 0 Å². The summed E-state index contributed by atoms with van der Waals surface area (Å²) >= 11 is 9.77. The molecule has 2 amide bonds. The molecule has 0 spiro atoms. The predicted molar refractivity (Wildman–Crippen MR) is 134 cm³/mol. The number of carbonyl (C=O) groups is 2. The van der Waals surface area contributed by atoms with Crippen LogP contribution in [-0.2, 0) is 11.4 Å². The van der Waals surface area contributed by atoms with Crippen molar-refractivity contribution in [2.75, 3.05) is 0 Å². The standard InChI is InChI=1S/C24H17BrN2O3S2/c25-19-11-9-18(10-12-19)22(28)26-27-23(29)21(32-24(27)31)14-17-7-4-8-20(13-17)30-15-16-5-2-1-3-6-16/h1-14H,15H2,(H,26,28)/b21-14-. The molecule has 8 heteroatoms. The summed E-state index contributed by atoms with van der Waals surface area (Å²) in [7, 11) is 0. The van der Waals surface area contributed by atoms with E-state index in [1.165, 1.54) is 0 Å². The number of ether oxygens (including phenoxy) is 1.